The van der Waals surface area contributed by atoms with Crippen LogP contribution in [0.2, 0.25) is 0 Å². The van der Waals surface area contributed by atoms with Crippen LogP contribution in [0.1, 0.15) is 59.6 Å². The van der Waals surface area contributed by atoms with Gasteiger partial charge in [0, 0.05) is 18.3 Å². The number of aromatic nitrogens is 3. The van der Waals surface area contributed by atoms with Crippen molar-refractivity contribution in [3.8, 4) is 5.75 Å². The van der Waals surface area contributed by atoms with Crippen LogP contribution < -0.4 is 9.08 Å². The Hall–Kier alpha value is -3.41. The van der Waals surface area contributed by atoms with E-state index < -0.39 is 44.7 Å². The second-order valence-electron chi connectivity index (χ2n) is 9.73. The number of carbonyl (C=O) groups is 1. The third-order valence-corrected chi connectivity index (χ3v) is 8.29. The summed E-state index contributed by atoms with van der Waals surface area (Å²) < 4.78 is 72.3. The van der Waals surface area contributed by atoms with Crippen LogP contribution in [0.25, 0.3) is 0 Å². The fourth-order valence-corrected chi connectivity index (χ4v) is 5.97. The van der Waals surface area contributed by atoms with Gasteiger partial charge in [-0.25, -0.2) is 0 Å². The molecule has 0 atom stereocenters. The van der Waals surface area contributed by atoms with E-state index in [0.717, 1.165) is 30.3 Å². The molecule has 0 saturated heterocycles. The molecule has 2 aromatic carbocycles. The number of hydrogen-bond acceptors (Lipinski definition) is 6. The Morgan fingerprint density at radius 1 is 1.19 bits per heavy atom. The summed E-state index contributed by atoms with van der Waals surface area (Å²) in [4.78, 5) is 14.6. The molecule has 0 radical (unpaired) electrons. The molecular weight excluding hydrogens is 509 g/mol. The highest BCUT2D eigenvalue weighted by molar-refractivity contribution is 7.87. The number of hydrogen-bond donors (Lipinski definition) is 0. The number of carbonyl (C=O) groups excluding carboxylic acids is 1. The van der Waals surface area contributed by atoms with E-state index in [1.54, 1.807) is 18.5 Å². The largest absolute Gasteiger partial charge is 0.416 e. The van der Waals surface area contributed by atoms with Crippen LogP contribution in [0.3, 0.4) is 0 Å². The van der Waals surface area contributed by atoms with Crippen molar-refractivity contribution in [1.82, 2.24) is 14.8 Å². The van der Waals surface area contributed by atoms with Crippen LogP contribution in [0.5, 0.6) is 5.75 Å². The minimum absolute atomic E-state index is 0.218. The first kappa shape index (κ1) is 25.2. The van der Waals surface area contributed by atoms with Gasteiger partial charge in [0.1, 0.15) is 17.9 Å². The van der Waals surface area contributed by atoms with Gasteiger partial charge in [0.25, 0.3) is 5.91 Å². The maximum atomic E-state index is 13.9. The molecule has 1 aliphatic carbocycles. The molecule has 0 N–H and O–H groups in total. The molecule has 1 saturated carbocycles. The summed E-state index contributed by atoms with van der Waals surface area (Å²) in [5, 5.41) is 8.34. The smallest absolute Gasteiger partial charge is 0.382 e. The second-order valence-corrected chi connectivity index (χ2v) is 11.6. The topological polar surface area (TPSA) is 94.4 Å². The SMILES string of the molecule is CCS(=O)(=O)Oc1cc2c(c(C(F)(F)F)c1)CN(c1cccc(C3(c4nncn4C)CC(C)C3)c1)C2=O. The van der Waals surface area contributed by atoms with Crippen molar-refractivity contribution in [1.29, 1.82) is 0 Å². The van der Waals surface area contributed by atoms with Gasteiger partial charge < -0.3 is 13.7 Å². The number of alkyl halides is 3. The molecule has 1 aromatic heterocycles. The fraction of sp³-hybridized carbons (Fsp3) is 0.400. The number of benzene rings is 2. The number of aryl methyl sites for hydroxylation is 1. The highest BCUT2D eigenvalue weighted by Crippen LogP contribution is 2.52. The molecule has 1 amide bonds. The quantitative estimate of drug-likeness (QED) is 0.434. The summed E-state index contributed by atoms with van der Waals surface area (Å²) in [5.74, 6) is -0.389. The van der Waals surface area contributed by atoms with Gasteiger partial charge in [0.05, 0.1) is 23.3 Å². The van der Waals surface area contributed by atoms with Gasteiger partial charge in [-0.15, -0.1) is 10.2 Å². The Morgan fingerprint density at radius 3 is 2.51 bits per heavy atom. The fourth-order valence-electron chi connectivity index (χ4n) is 5.46. The highest BCUT2D eigenvalue weighted by atomic mass is 32.2. The van der Waals surface area contributed by atoms with Crippen molar-refractivity contribution in [2.24, 2.45) is 13.0 Å². The maximum absolute atomic E-state index is 13.9. The van der Waals surface area contributed by atoms with Crippen LogP contribution in [0.15, 0.2) is 42.7 Å². The van der Waals surface area contributed by atoms with E-state index in [0.29, 0.717) is 17.7 Å². The Labute approximate surface area is 212 Å². The van der Waals surface area contributed by atoms with Crippen LogP contribution >= 0.6 is 0 Å². The Balaban J connectivity index is 1.55. The summed E-state index contributed by atoms with van der Waals surface area (Å²) in [6.45, 7) is 3.14. The molecular formula is C25H25F3N4O4S. The van der Waals surface area contributed by atoms with Gasteiger partial charge in [-0.3, -0.25) is 4.79 Å². The molecule has 2 aliphatic rings. The average molecular weight is 535 g/mol. The van der Waals surface area contributed by atoms with Gasteiger partial charge in [-0.05, 0) is 61.1 Å². The third-order valence-electron chi connectivity index (χ3n) is 7.14. The second kappa shape index (κ2) is 8.57. The first-order valence-electron chi connectivity index (χ1n) is 11.8. The molecule has 12 heteroatoms. The lowest BCUT2D eigenvalue weighted by molar-refractivity contribution is -0.138. The molecule has 2 heterocycles. The lowest BCUT2D eigenvalue weighted by Gasteiger charge is -2.46. The molecule has 1 fully saturated rings. The zero-order chi connectivity index (χ0) is 26.8. The summed E-state index contributed by atoms with van der Waals surface area (Å²) in [6.07, 6.45) is -1.54. The van der Waals surface area contributed by atoms with Crippen molar-refractivity contribution in [2.45, 2.75) is 44.8 Å². The van der Waals surface area contributed by atoms with Crippen LogP contribution in [0.4, 0.5) is 18.9 Å². The lowest BCUT2D eigenvalue weighted by Crippen LogP contribution is -2.43. The molecule has 3 aromatic rings. The van der Waals surface area contributed by atoms with Gasteiger partial charge in [-0.2, -0.15) is 21.6 Å². The van der Waals surface area contributed by atoms with Crippen molar-refractivity contribution in [2.75, 3.05) is 10.7 Å². The van der Waals surface area contributed by atoms with Crippen molar-refractivity contribution in [3.05, 3.63) is 70.8 Å². The number of anilines is 1. The highest BCUT2D eigenvalue weighted by Gasteiger charge is 2.48. The maximum Gasteiger partial charge on any atom is 0.416 e. The normalized spacial score (nSPS) is 21.6. The first-order chi connectivity index (χ1) is 17.3. The predicted octanol–water partition coefficient (Wildman–Crippen LogP) is 4.44. The van der Waals surface area contributed by atoms with Crippen molar-refractivity contribution >= 4 is 21.7 Å². The third kappa shape index (κ3) is 4.26. The number of nitrogens with zero attached hydrogens (tertiary/aromatic N) is 4. The van der Waals surface area contributed by atoms with Crippen LogP contribution in [-0.4, -0.2) is 34.8 Å². The molecule has 5 rings (SSSR count). The molecule has 1 aliphatic heterocycles. The Morgan fingerprint density at radius 2 is 1.92 bits per heavy atom. The van der Waals surface area contributed by atoms with Crippen LogP contribution in [-0.2, 0) is 35.3 Å². The number of halogens is 3. The van der Waals surface area contributed by atoms with Gasteiger partial charge in [0.15, 0.2) is 0 Å². The summed E-state index contributed by atoms with van der Waals surface area (Å²) in [5.41, 5.74) is -0.621. The predicted molar refractivity (Wildman–Crippen MR) is 129 cm³/mol. The molecule has 0 spiro atoms. The minimum atomic E-state index is -4.81. The van der Waals surface area contributed by atoms with E-state index in [1.807, 2.05) is 23.7 Å². The van der Waals surface area contributed by atoms with Gasteiger partial charge in [0.2, 0.25) is 0 Å². The van der Waals surface area contributed by atoms with Gasteiger partial charge >= 0.3 is 16.3 Å². The standard InChI is InChI=1S/C25H25F3N4O4S/c1-4-37(34,35)36-18-9-19-20(21(10-18)25(26,27)28)13-32(22(19)33)17-7-5-6-16(8-17)24(11-15(2)12-24)23-30-29-14-31(23)3/h5-10,14-15H,4,11-13H2,1-3H3. The molecule has 0 bridgehead atoms. The van der Waals surface area contributed by atoms with Crippen LogP contribution in [0, 0.1) is 5.92 Å². The Kier molecular flexibility index (Phi) is 5.85. The molecule has 37 heavy (non-hydrogen) atoms. The number of amides is 1. The number of rotatable bonds is 6. The molecule has 8 nitrogen and oxygen atoms in total. The summed E-state index contributed by atoms with van der Waals surface area (Å²) in [6, 6.07) is 8.90. The van der Waals surface area contributed by atoms with E-state index in [4.69, 9.17) is 4.18 Å². The van der Waals surface area contributed by atoms with Gasteiger partial charge in [-0.1, -0.05) is 19.1 Å². The molecule has 196 valence electrons. The van der Waals surface area contributed by atoms with E-state index in [2.05, 4.69) is 17.1 Å². The monoisotopic (exact) mass is 534 g/mol. The van der Waals surface area contributed by atoms with E-state index >= 15 is 0 Å². The lowest BCUT2D eigenvalue weighted by atomic mass is 9.58. The average Bonchev–Trinajstić information content (AvgIpc) is 3.39. The Bertz CT molecular complexity index is 1490. The van der Waals surface area contributed by atoms with Crippen molar-refractivity contribution in [3.63, 3.8) is 0 Å². The summed E-state index contributed by atoms with van der Waals surface area (Å²) in [7, 11) is -2.23. The van der Waals surface area contributed by atoms with E-state index in [9.17, 15) is 26.4 Å². The van der Waals surface area contributed by atoms with E-state index in [1.165, 1.54) is 11.8 Å². The minimum Gasteiger partial charge on any atom is -0.382 e. The first-order valence-corrected chi connectivity index (χ1v) is 13.4. The summed E-state index contributed by atoms with van der Waals surface area (Å²) >= 11 is 0. The van der Waals surface area contributed by atoms with E-state index in [-0.39, 0.29) is 17.7 Å². The zero-order valence-electron chi connectivity index (χ0n) is 20.4. The molecule has 0 unspecified atom stereocenters. The zero-order valence-corrected chi connectivity index (χ0v) is 21.2. The number of fused-ring (bicyclic) bond motifs is 1. The van der Waals surface area contributed by atoms with Crippen molar-refractivity contribution < 1.29 is 30.6 Å².